The van der Waals surface area contributed by atoms with Gasteiger partial charge in [-0.2, -0.15) is 0 Å². The van der Waals surface area contributed by atoms with Crippen molar-refractivity contribution in [2.75, 3.05) is 32.8 Å². The number of carbonyl (C=O) groups excluding carboxylic acids is 2. The Morgan fingerprint density at radius 1 is 0.926 bits per heavy atom. The Morgan fingerprint density at radius 2 is 1.48 bits per heavy atom. The minimum absolute atomic E-state index is 0.0432. The van der Waals surface area contributed by atoms with Crippen LogP contribution in [-0.4, -0.2) is 54.4 Å². The van der Waals surface area contributed by atoms with E-state index in [4.69, 9.17) is 16.3 Å². The zero-order valence-corrected chi connectivity index (χ0v) is 15.1. The van der Waals surface area contributed by atoms with Gasteiger partial charge in [0.1, 0.15) is 17.4 Å². The van der Waals surface area contributed by atoms with Crippen LogP contribution in [0.5, 0.6) is 5.75 Å². The van der Waals surface area contributed by atoms with Crippen molar-refractivity contribution in [2.24, 2.45) is 0 Å². The molecule has 1 aliphatic rings. The molecule has 27 heavy (non-hydrogen) atoms. The molecule has 0 saturated carbocycles. The fraction of sp³-hybridized carbons (Fsp3) is 0.263. The molecule has 142 valence electrons. The second-order valence-corrected chi connectivity index (χ2v) is 6.51. The number of amides is 2. The van der Waals surface area contributed by atoms with Gasteiger partial charge in [0, 0.05) is 42.8 Å². The maximum absolute atomic E-state index is 13.3. The lowest BCUT2D eigenvalue weighted by molar-refractivity contribution is -0.134. The van der Waals surface area contributed by atoms with E-state index in [1.807, 2.05) is 0 Å². The summed E-state index contributed by atoms with van der Waals surface area (Å²) in [5.41, 5.74) is -0.0432. The Hall–Kier alpha value is -2.67. The summed E-state index contributed by atoms with van der Waals surface area (Å²) in [5.74, 6) is -1.72. The second kappa shape index (κ2) is 8.35. The predicted molar refractivity (Wildman–Crippen MR) is 95.8 cm³/mol. The molecule has 0 atom stereocenters. The summed E-state index contributed by atoms with van der Waals surface area (Å²) >= 11 is 5.79. The first kappa shape index (κ1) is 19.1. The molecule has 0 radical (unpaired) electrons. The average Bonchev–Trinajstić information content (AvgIpc) is 2.66. The van der Waals surface area contributed by atoms with Gasteiger partial charge < -0.3 is 14.5 Å². The van der Waals surface area contributed by atoms with E-state index in [0.717, 1.165) is 12.1 Å². The van der Waals surface area contributed by atoms with Crippen molar-refractivity contribution in [1.82, 2.24) is 9.80 Å². The molecule has 1 aliphatic heterocycles. The molecule has 1 fully saturated rings. The molecule has 0 N–H and O–H groups in total. The molecular weight excluding hydrogens is 378 g/mol. The van der Waals surface area contributed by atoms with Gasteiger partial charge in [-0.3, -0.25) is 9.59 Å². The van der Waals surface area contributed by atoms with Gasteiger partial charge in [0.2, 0.25) is 0 Å². The van der Waals surface area contributed by atoms with Crippen molar-refractivity contribution in [3.8, 4) is 5.75 Å². The fourth-order valence-corrected chi connectivity index (χ4v) is 2.91. The van der Waals surface area contributed by atoms with Crippen molar-refractivity contribution in [1.29, 1.82) is 0 Å². The van der Waals surface area contributed by atoms with E-state index in [2.05, 4.69) is 0 Å². The van der Waals surface area contributed by atoms with Crippen LogP contribution in [0.25, 0.3) is 0 Å². The third-order valence-corrected chi connectivity index (χ3v) is 4.46. The number of ether oxygens (including phenoxy) is 1. The summed E-state index contributed by atoms with van der Waals surface area (Å²) < 4.78 is 32.0. The Morgan fingerprint density at radius 3 is 2.07 bits per heavy atom. The average molecular weight is 395 g/mol. The van der Waals surface area contributed by atoms with Crippen LogP contribution in [0.3, 0.4) is 0 Å². The van der Waals surface area contributed by atoms with E-state index in [1.54, 1.807) is 29.2 Å². The normalized spacial score (nSPS) is 14.2. The van der Waals surface area contributed by atoms with Gasteiger partial charge in [0.25, 0.3) is 11.8 Å². The number of hydrogen-bond donors (Lipinski definition) is 0. The molecule has 0 aliphatic carbocycles. The molecule has 1 heterocycles. The van der Waals surface area contributed by atoms with Crippen molar-refractivity contribution in [3.05, 3.63) is 64.7 Å². The number of piperazine rings is 1. The number of rotatable bonds is 4. The summed E-state index contributed by atoms with van der Waals surface area (Å²) in [6, 6.07) is 9.40. The van der Waals surface area contributed by atoms with Crippen LogP contribution < -0.4 is 4.74 Å². The molecule has 0 spiro atoms. The highest BCUT2D eigenvalue weighted by molar-refractivity contribution is 6.30. The molecule has 2 aromatic carbocycles. The molecule has 0 unspecified atom stereocenters. The first-order valence-electron chi connectivity index (χ1n) is 8.34. The molecule has 3 rings (SSSR count). The lowest BCUT2D eigenvalue weighted by Crippen LogP contribution is -2.51. The lowest BCUT2D eigenvalue weighted by atomic mass is 10.1. The van der Waals surface area contributed by atoms with E-state index in [1.165, 1.54) is 4.90 Å². The van der Waals surface area contributed by atoms with Crippen molar-refractivity contribution in [2.45, 2.75) is 0 Å². The quantitative estimate of drug-likeness (QED) is 0.801. The Bertz CT molecular complexity index is 817. The minimum Gasteiger partial charge on any atom is -0.484 e. The van der Waals surface area contributed by atoms with E-state index in [9.17, 15) is 18.4 Å². The zero-order valence-electron chi connectivity index (χ0n) is 14.3. The van der Waals surface area contributed by atoms with Crippen LogP contribution >= 0.6 is 11.6 Å². The molecule has 0 bridgehead atoms. The van der Waals surface area contributed by atoms with Gasteiger partial charge in [0.15, 0.2) is 6.61 Å². The molecular formula is C19H17ClF2N2O3. The topological polar surface area (TPSA) is 49.9 Å². The highest BCUT2D eigenvalue weighted by Crippen LogP contribution is 2.16. The number of carbonyl (C=O) groups is 2. The van der Waals surface area contributed by atoms with Crippen molar-refractivity contribution in [3.63, 3.8) is 0 Å². The van der Waals surface area contributed by atoms with Crippen molar-refractivity contribution >= 4 is 23.4 Å². The highest BCUT2D eigenvalue weighted by Gasteiger charge is 2.25. The van der Waals surface area contributed by atoms with Crippen LogP contribution in [-0.2, 0) is 4.79 Å². The molecule has 8 heteroatoms. The largest absolute Gasteiger partial charge is 0.484 e. The first-order chi connectivity index (χ1) is 12.9. The van der Waals surface area contributed by atoms with E-state index in [0.29, 0.717) is 29.9 Å². The Labute approximate surface area is 160 Å². The van der Waals surface area contributed by atoms with Crippen LogP contribution in [0.2, 0.25) is 5.02 Å². The number of halogens is 3. The summed E-state index contributed by atoms with van der Waals surface area (Å²) in [5, 5.41) is 0.577. The van der Waals surface area contributed by atoms with Gasteiger partial charge in [-0.15, -0.1) is 0 Å². The van der Waals surface area contributed by atoms with Gasteiger partial charge >= 0.3 is 0 Å². The summed E-state index contributed by atoms with van der Waals surface area (Å²) in [6.45, 7) is 1.09. The monoisotopic (exact) mass is 394 g/mol. The number of hydrogen-bond acceptors (Lipinski definition) is 3. The van der Waals surface area contributed by atoms with E-state index < -0.39 is 17.5 Å². The Kier molecular flexibility index (Phi) is 5.91. The van der Waals surface area contributed by atoms with Crippen LogP contribution in [0, 0.1) is 11.6 Å². The SMILES string of the molecule is O=C(COc1ccc(Cl)cc1)N1CCN(C(=O)c2cc(F)cc(F)c2)CC1. The predicted octanol–water partition coefficient (Wildman–Crippen LogP) is 2.98. The highest BCUT2D eigenvalue weighted by atomic mass is 35.5. The lowest BCUT2D eigenvalue weighted by Gasteiger charge is -2.34. The molecule has 1 saturated heterocycles. The number of nitrogens with zero attached hydrogens (tertiary/aromatic N) is 2. The minimum atomic E-state index is -0.800. The first-order valence-corrected chi connectivity index (χ1v) is 8.72. The van der Waals surface area contributed by atoms with Crippen LogP contribution in [0.4, 0.5) is 8.78 Å². The summed E-state index contributed by atoms with van der Waals surface area (Å²) in [4.78, 5) is 27.7. The van der Waals surface area contributed by atoms with Crippen molar-refractivity contribution < 1.29 is 23.1 Å². The third kappa shape index (κ3) is 4.95. The van der Waals surface area contributed by atoms with E-state index in [-0.39, 0.29) is 31.2 Å². The maximum Gasteiger partial charge on any atom is 0.260 e. The molecule has 2 aromatic rings. The fourth-order valence-electron chi connectivity index (χ4n) is 2.79. The van der Waals surface area contributed by atoms with Gasteiger partial charge in [-0.05, 0) is 36.4 Å². The second-order valence-electron chi connectivity index (χ2n) is 6.07. The third-order valence-electron chi connectivity index (χ3n) is 4.21. The summed E-state index contributed by atoms with van der Waals surface area (Å²) in [6.07, 6.45) is 0. The van der Waals surface area contributed by atoms with Crippen LogP contribution in [0.15, 0.2) is 42.5 Å². The van der Waals surface area contributed by atoms with Crippen LogP contribution in [0.1, 0.15) is 10.4 Å². The maximum atomic E-state index is 13.3. The van der Waals surface area contributed by atoms with Gasteiger partial charge in [-0.1, -0.05) is 11.6 Å². The zero-order chi connectivity index (χ0) is 19.4. The standard InChI is InChI=1S/C19H17ClF2N2O3/c20-14-1-3-17(4-2-14)27-12-18(25)23-5-7-24(8-6-23)19(26)13-9-15(21)11-16(22)10-13/h1-4,9-11H,5-8,12H2. The molecule has 2 amide bonds. The summed E-state index contributed by atoms with van der Waals surface area (Å²) in [7, 11) is 0. The molecule has 5 nitrogen and oxygen atoms in total. The number of benzene rings is 2. The smallest absolute Gasteiger partial charge is 0.260 e. The van der Waals surface area contributed by atoms with Gasteiger partial charge in [-0.25, -0.2) is 8.78 Å². The molecule has 0 aromatic heterocycles. The van der Waals surface area contributed by atoms with Gasteiger partial charge in [0.05, 0.1) is 0 Å². The Balaban J connectivity index is 1.51. The van der Waals surface area contributed by atoms with E-state index >= 15 is 0 Å².